The summed E-state index contributed by atoms with van der Waals surface area (Å²) in [5.41, 5.74) is 0.330. The van der Waals surface area contributed by atoms with Crippen LogP contribution in [0.25, 0.3) is 0 Å². The minimum atomic E-state index is -0.520. The second-order valence-corrected chi connectivity index (χ2v) is 5.28. The van der Waals surface area contributed by atoms with Gasteiger partial charge in [0.25, 0.3) is 11.6 Å². The Labute approximate surface area is 141 Å². The van der Waals surface area contributed by atoms with Crippen LogP contribution >= 0.6 is 23.2 Å². The number of nitro groups is 1. The summed E-state index contributed by atoms with van der Waals surface area (Å²) in [6.45, 7) is 0.760. The van der Waals surface area contributed by atoms with Gasteiger partial charge in [0.1, 0.15) is 12.0 Å². The zero-order valence-corrected chi connectivity index (χ0v) is 13.3. The summed E-state index contributed by atoms with van der Waals surface area (Å²) >= 11 is 11.6. The lowest BCUT2D eigenvalue weighted by atomic mass is 10.2. The molecule has 0 aliphatic carbocycles. The second-order valence-electron chi connectivity index (χ2n) is 4.47. The molecule has 1 heterocycles. The number of amides is 1. The van der Waals surface area contributed by atoms with Gasteiger partial charge < -0.3 is 10.6 Å². The Morgan fingerprint density at radius 2 is 1.96 bits per heavy atom. The molecule has 0 saturated heterocycles. The van der Waals surface area contributed by atoms with Gasteiger partial charge in [-0.25, -0.2) is 4.98 Å². The van der Waals surface area contributed by atoms with Crippen molar-refractivity contribution in [1.29, 1.82) is 0 Å². The maximum Gasteiger partial charge on any atom is 0.287 e. The summed E-state index contributed by atoms with van der Waals surface area (Å²) in [4.78, 5) is 25.8. The Kier molecular flexibility index (Phi) is 5.72. The number of halogens is 2. The maximum absolute atomic E-state index is 11.9. The molecule has 2 rings (SSSR count). The standard InChI is InChI=1S/C14H12Cl2N4O3/c15-11-3-1-9(7-12(11)16)14(21)18-6-5-17-13-4-2-10(8-19-13)20(22)23/h1-4,7-8H,5-6H2,(H,17,19)(H,18,21). The molecule has 1 amide bonds. The third-order valence-corrected chi connectivity index (χ3v) is 3.60. The zero-order valence-electron chi connectivity index (χ0n) is 11.8. The van der Waals surface area contributed by atoms with Crippen molar-refractivity contribution < 1.29 is 9.72 Å². The number of anilines is 1. The molecule has 1 aromatic carbocycles. The van der Waals surface area contributed by atoms with Gasteiger partial charge in [0, 0.05) is 24.7 Å². The number of benzene rings is 1. The topological polar surface area (TPSA) is 97.2 Å². The van der Waals surface area contributed by atoms with Crippen molar-refractivity contribution in [2.45, 2.75) is 0 Å². The summed E-state index contributed by atoms with van der Waals surface area (Å²) in [6, 6.07) is 7.47. The van der Waals surface area contributed by atoms with E-state index in [1.807, 2.05) is 0 Å². The molecule has 2 aromatic rings. The quantitative estimate of drug-likeness (QED) is 0.471. The predicted octanol–water partition coefficient (Wildman–Crippen LogP) is 3.14. The highest BCUT2D eigenvalue weighted by molar-refractivity contribution is 6.42. The van der Waals surface area contributed by atoms with Crippen LogP contribution in [-0.4, -0.2) is 28.9 Å². The van der Waals surface area contributed by atoms with Crippen molar-refractivity contribution in [3.63, 3.8) is 0 Å². The van der Waals surface area contributed by atoms with Crippen molar-refractivity contribution in [3.8, 4) is 0 Å². The fourth-order valence-corrected chi connectivity index (χ4v) is 2.00. The van der Waals surface area contributed by atoms with Crippen LogP contribution < -0.4 is 10.6 Å². The monoisotopic (exact) mass is 354 g/mol. The van der Waals surface area contributed by atoms with E-state index in [9.17, 15) is 14.9 Å². The number of rotatable bonds is 6. The largest absolute Gasteiger partial charge is 0.368 e. The SMILES string of the molecule is O=C(NCCNc1ccc([N+](=O)[O-])cn1)c1ccc(Cl)c(Cl)c1. The molecule has 0 aliphatic rings. The van der Waals surface area contributed by atoms with Gasteiger partial charge in [-0.15, -0.1) is 0 Å². The molecule has 9 heteroatoms. The molecular formula is C14H12Cl2N4O3. The molecule has 0 fully saturated rings. The third-order valence-electron chi connectivity index (χ3n) is 2.86. The molecule has 0 bridgehead atoms. The first-order chi connectivity index (χ1) is 11.0. The first-order valence-electron chi connectivity index (χ1n) is 6.55. The van der Waals surface area contributed by atoms with E-state index in [-0.39, 0.29) is 11.6 Å². The van der Waals surface area contributed by atoms with Gasteiger partial charge in [-0.1, -0.05) is 23.2 Å². The molecule has 120 valence electrons. The molecule has 0 radical (unpaired) electrons. The van der Waals surface area contributed by atoms with E-state index >= 15 is 0 Å². The van der Waals surface area contributed by atoms with Gasteiger partial charge >= 0.3 is 0 Å². The number of aromatic nitrogens is 1. The second kappa shape index (κ2) is 7.75. The minimum absolute atomic E-state index is 0.0801. The van der Waals surface area contributed by atoms with Crippen LogP contribution in [0.4, 0.5) is 11.5 Å². The van der Waals surface area contributed by atoms with Crippen LogP contribution in [-0.2, 0) is 0 Å². The highest BCUT2D eigenvalue weighted by Gasteiger charge is 2.08. The van der Waals surface area contributed by atoms with Crippen LogP contribution in [0.2, 0.25) is 10.0 Å². The van der Waals surface area contributed by atoms with Gasteiger partial charge in [-0.05, 0) is 24.3 Å². The fourth-order valence-electron chi connectivity index (χ4n) is 1.70. The van der Waals surface area contributed by atoms with Crippen molar-refractivity contribution in [1.82, 2.24) is 10.3 Å². The molecule has 0 unspecified atom stereocenters. The van der Waals surface area contributed by atoms with E-state index in [0.29, 0.717) is 34.5 Å². The van der Waals surface area contributed by atoms with Crippen molar-refractivity contribution >= 4 is 40.6 Å². The number of carbonyl (C=O) groups is 1. The fraction of sp³-hybridized carbons (Fsp3) is 0.143. The van der Waals surface area contributed by atoms with Crippen molar-refractivity contribution in [2.75, 3.05) is 18.4 Å². The van der Waals surface area contributed by atoms with Crippen LogP contribution in [0.1, 0.15) is 10.4 Å². The Morgan fingerprint density at radius 3 is 2.57 bits per heavy atom. The average molecular weight is 355 g/mol. The van der Waals surface area contributed by atoms with Gasteiger partial charge in [0.2, 0.25) is 0 Å². The molecule has 0 aliphatic heterocycles. The zero-order chi connectivity index (χ0) is 16.8. The van der Waals surface area contributed by atoms with E-state index in [4.69, 9.17) is 23.2 Å². The molecule has 0 atom stereocenters. The summed E-state index contributed by atoms with van der Waals surface area (Å²) in [6.07, 6.45) is 1.16. The van der Waals surface area contributed by atoms with Gasteiger partial charge in [0.05, 0.1) is 15.0 Å². The van der Waals surface area contributed by atoms with E-state index in [0.717, 1.165) is 6.20 Å². The first kappa shape index (κ1) is 17.0. The lowest BCUT2D eigenvalue weighted by molar-refractivity contribution is -0.385. The van der Waals surface area contributed by atoms with Crippen LogP contribution in [0.15, 0.2) is 36.5 Å². The Hall–Kier alpha value is -2.38. The minimum Gasteiger partial charge on any atom is -0.368 e. The summed E-state index contributed by atoms with van der Waals surface area (Å²) in [5, 5.41) is 16.9. The summed E-state index contributed by atoms with van der Waals surface area (Å²) in [5.74, 6) is 0.210. The van der Waals surface area contributed by atoms with Crippen molar-refractivity contribution in [2.24, 2.45) is 0 Å². The number of pyridine rings is 1. The smallest absolute Gasteiger partial charge is 0.287 e. The Morgan fingerprint density at radius 1 is 1.17 bits per heavy atom. The Bertz CT molecular complexity index is 722. The predicted molar refractivity (Wildman–Crippen MR) is 88.2 cm³/mol. The molecular weight excluding hydrogens is 343 g/mol. The number of hydrogen-bond donors (Lipinski definition) is 2. The van der Waals surface area contributed by atoms with Gasteiger partial charge in [-0.2, -0.15) is 0 Å². The maximum atomic E-state index is 11.9. The first-order valence-corrected chi connectivity index (χ1v) is 7.30. The number of carbonyl (C=O) groups excluding carboxylic acids is 1. The van der Waals surface area contributed by atoms with Crippen LogP contribution in [0.3, 0.4) is 0 Å². The molecule has 0 spiro atoms. The number of nitrogens with zero attached hydrogens (tertiary/aromatic N) is 2. The molecule has 2 N–H and O–H groups in total. The summed E-state index contributed by atoms with van der Waals surface area (Å²) < 4.78 is 0. The summed E-state index contributed by atoms with van der Waals surface area (Å²) in [7, 11) is 0. The third kappa shape index (κ3) is 4.80. The lowest BCUT2D eigenvalue weighted by Gasteiger charge is -2.08. The highest BCUT2D eigenvalue weighted by atomic mass is 35.5. The van der Waals surface area contributed by atoms with Crippen LogP contribution in [0, 0.1) is 10.1 Å². The van der Waals surface area contributed by atoms with Crippen LogP contribution in [0.5, 0.6) is 0 Å². The van der Waals surface area contributed by atoms with E-state index in [2.05, 4.69) is 15.6 Å². The van der Waals surface area contributed by atoms with E-state index in [1.165, 1.54) is 18.2 Å². The Balaban J connectivity index is 1.79. The molecule has 7 nitrogen and oxygen atoms in total. The average Bonchev–Trinajstić information content (AvgIpc) is 2.54. The number of hydrogen-bond acceptors (Lipinski definition) is 5. The van der Waals surface area contributed by atoms with Gasteiger partial charge in [-0.3, -0.25) is 14.9 Å². The highest BCUT2D eigenvalue weighted by Crippen LogP contribution is 2.22. The lowest BCUT2D eigenvalue weighted by Crippen LogP contribution is -2.28. The molecule has 23 heavy (non-hydrogen) atoms. The molecule has 0 saturated carbocycles. The van der Waals surface area contributed by atoms with E-state index < -0.39 is 4.92 Å². The number of nitrogens with one attached hydrogen (secondary N) is 2. The normalized spacial score (nSPS) is 10.2. The van der Waals surface area contributed by atoms with Gasteiger partial charge in [0.15, 0.2) is 0 Å². The molecule has 1 aromatic heterocycles. The van der Waals surface area contributed by atoms with E-state index in [1.54, 1.807) is 12.1 Å². The van der Waals surface area contributed by atoms with Crippen molar-refractivity contribution in [3.05, 3.63) is 62.3 Å².